The molecule has 1 aliphatic heterocycles. The fourth-order valence-corrected chi connectivity index (χ4v) is 3.20. The average molecular weight is 280 g/mol. The summed E-state index contributed by atoms with van der Waals surface area (Å²) < 4.78 is 0. The van der Waals surface area contributed by atoms with Gasteiger partial charge < -0.3 is 10.6 Å². The smallest absolute Gasteiger partial charge is 0.0414 e. The molecule has 0 aliphatic carbocycles. The molecular weight excluding hydrogens is 256 g/mol. The van der Waals surface area contributed by atoms with E-state index in [1.54, 1.807) is 0 Å². The molecule has 0 radical (unpaired) electrons. The number of benzene rings is 2. The van der Waals surface area contributed by atoms with Gasteiger partial charge in [0.05, 0.1) is 0 Å². The summed E-state index contributed by atoms with van der Waals surface area (Å²) in [5, 5.41) is 0. The molecule has 0 saturated carbocycles. The van der Waals surface area contributed by atoms with Crippen molar-refractivity contribution in [1.29, 1.82) is 0 Å². The molecule has 0 bridgehead atoms. The van der Waals surface area contributed by atoms with Crippen molar-refractivity contribution in [2.75, 3.05) is 18.0 Å². The molecule has 0 amide bonds. The second-order valence-corrected chi connectivity index (χ2v) is 5.90. The maximum atomic E-state index is 6.51. The molecule has 2 N–H and O–H groups in total. The lowest BCUT2D eigenvalue weighted by Gasteiger charge is -2.32. The van der Waals surface area contributed by atoms with E-state index < -0.39 is 0 Å². The van der Waals surface area contributed by atoms with Crippen LogP contribution in [-0.4, -0.2) is 13.1 Å². The SMILES string of the molecule is NC(Cc1ccccc1)c1ccccc1N1CCCCC1. The Morgan fingerprint density at radius 2 is 1.52 bits per heavy atom. The van der Waals surface area contributed by atoms with E-state index in [0.29, 0.717) is 0 Å². The van der Waals surface area contributed by atoms with Gasteiger partial charge in [0, 0.05) is 24.8 Å². The third-order valence-electron chi connectivity index (χ3n) is 4.33. The summed E-state index contributed by atoms with van der Waals surface area (Å²) in [4.78, 5) is 2.50. The van der Waals surface area contributed by atoms with Crippen LogP contribution in [0.3, 0.4) is 0 Å². The minimum absolute atomic E-state index is 0.0607. The van der Waals surface area contributed by atoms with Gasteiger partial charge in [-0.25, -0.2) is 0 Å². The predicted molar refractivity (Wildman–Crippen MR) is 89.6 cm³/mol. The highest BCUT2D eigenvalue weighted by atomic mass is 15.1. The topological polar surface area (TPSA) is 29.3 Å². The molecule has 1 heterocycles. The summed E-state index contributed by atoms with van der Waals surface area (Å²) in [7, 11) is 0. The van der Waals surface area contributed by atoms with Gasteiger partial charge in [0.15, 0.2) is 0 Å². The van der Waals surface area contributed by atoms with Crippen LogP contribution in [0, 0.1) is 0 Å². The molecule has 2 aromatic rings. The Balaban J connectivity index is 1.80. The summed E-state index contributed by atoms with van der Waals surface area (Å²) in [6.45, 7) is 2.32. The molecule has 2 heteroatoms. The zero-order chi connectivity index (χ0) is 14.5. The molecule has 3 rings (SSSR count). The Kier molecular flexibility index (Phi) is 4.56. The quantitative estimate of drug-likeness (QED) is 0.919. The fraction of sp³-hybridized carbons (Fsp3) is 0.368. The molecule has 1 atom stereocenters. The van der Waals surface area contributed by atoms with Crippen molar-refractivity contribution in [2.45, 2.75) is 31.7 Å². The van der Waals surface area contributed by atoms with Crippen molar-refractivity contribution in [1.82, 2.24) is 0 Å². The first-order valence-electron chi connectivity index (χ1n) is 7.98. The van der Waals surface area contributed by atoms with Crippen molar-refractivity contribution in [3.63, 3.8) is 0 Å². The number of hydrogen-bond acceptors (Lipinski definition) is 2. The largest absolute Gasteiger partial charge is 0.371 e. The van der Waals surface area contributed by atoms with Gasteiger partial charge in [-0.3, -0.25) is 0 Å². The molecule has 1 unspecified atom stereocenters. The minimum atomic E-state index is 0.0607. The molecule has 1 fully saturated rings. The molecule has 0 spiro atoms. The van der Waals surface area contributed by atoms with Crippen LogP contribution >= 0.6 is 0 Å². The number of nitrogens with two attached hydrogens (primary N) is 1. The van der Waals surface area contributed by atoms with E-state index in [0.717, 1.165) is 19.5 Å². The maximum absolute atomic E-state index is 6.51. The van der Waals surface area contributed by atoms with E-state index in [1.807, 2.05) is 0 Å². The second kappa shape index (κ2) is 6.77. The van der Waals surface area contributed by atoms with Crippen LogP contribution in [0.25, 0.3) is 0 Å². The Morgan fingerprint density at radius 3 is 2.29 bits per heavy atom. The maximum Gasteiger partial charge on any atom is 0.0414 e. The van der Waals surface area contributed by atoms with Gasteiger partial charge in [-0.2, -0.15) is 0 Å². The van der Waals surface area contributed by atoms with Crippen LogP contribution in [-0.2, 0) is 6.42 Å². The molecule has 110 valence electrons. The third-order valence-corrected chi connectivity index (χ3v) is 4.33. The molecule has 2 nitrogen and oxygen atoms in total. The van der Waals surface area contributed by atoms with E-state index in [4.69, 9.17) is 5.73 Å². The van der Waals surface area contributed by atoms with Crippen molar-refractivity contribution in [3.05, 3.63) is 65.7 Å². The summed E-state index contributed by atoms with van der Waals surface area (Å²) in [6.07, 6.45) is 4.84. The Labute approximate surface area is 127 Å². The Morgan fingerprint density at radius 1 is 0.857 bits per heavy atom. The van der Waals surface area contributed by atoms with Crippen LogP contribution in [0.4, 0.5) is 5.69 Å². The molecule has 2 aromatic carbocycles. The molecular formula is C19H24N2. The molecule has 1 aliphatic rings. The van der Waals surface area contributed by atoms with E-state index in [2.05, 4.69) is 59.5 Å². The van der Waals surface area contributed by atoms with Crippen LogP contribution in [0.1, 0.15) is 36.4 Å². The van der Waals surface area contributed by atoms with Gasteiger partial charge in [-0.1, -0.05) is 48.5 Å². The zero-order valence-electron chi connectivity index (χ0n) is 12.5. The Hall–Kier alpha value is -1.80. The number of nitrogens with zero attached hydrogens (tertiary/aromatic N) is 1. The summed E-state index contributed by atoms with van der Waals surface area (Å²) in [5.41, 5.74) is 10.4. The van der Waals surface area contributed by atoms with E-state index in [9.17, 15) is 0 Å². The van der Waals surface area contributed by atoms with Crippen molar-refractivity contribution in [3.8, 4) is 0 Å². The van der Waals surface area contributed by atoms with Crippen molar-refractivity contribution < 1.29 is 0 Å². The van der Waals surface area contributed by atoms with Gasteiger partial charge in [0.2, 0.25) is 0 Å². The van der Waals surface area contributed by atoms with Gasteiger partial charge in [-0.15, -0.1) is 0 Å². The Bertz CT molecular complexity index is 559. The molecule has 1 saturated heterocycles. The standard InChI is InChI=1S/C19H24N2/c20-18(15-16-9-3-1-4-10-16)17-11-5-6-12-19(17)21-13-7-2-8-14-21/h1,3-6,9-12,18H,2,7-8,13-15,20H2. The van der Waals surface area contributed by atoms with Gasteiger partial charge in [0.1, 0.15) is 0 Å². The monoisotopic (exact) mass is 280 g/mol. The zero-order valence-corrected chi connectivity index (χ0v) is 12.5. The minimum Gasteiger partial charge on any atom is -0.371 e. The van der Waals surface area contributed by atoms with Crippen LogP contribution in [0.2, 0.25) is 0 Å². The number of rotatable bonds is 4. The van der Waals surface area contributed by atoms with Gasteiger partial charge in [0.25, 0.3) is 0 Å². The van der Waals surface area contributed by atoms with E-state index >= 15 is 0 Å². The number of hydrogen-bond donors (Lipinski definition) is 1. The summed E-state index contributed by atoms with van der Waals surface area (Å²) >= 11 is 0. The first kappa shape index (κ1) is 14.2. The van der Waals surface area contributed by atoms with Crippen LogP contribution < -0.4 is 10.6 Å². The lowest BCUT2D eigenvalue weighted by molar-refractivity contribution is 0.573. The number of anilines is 1. The first-order chi connectivity index (χ1) is 10.3. The van der Waals surface area contributed by atoms with Gasteiger partial charge >= 0.3 is 0 Å². The van der Waals surface area contributed by atoms with E-state index in [1.165, 1.54) is 36.1 Å². The highest BCUT2D eigenvalue weighted by molar-refractivity contribution is 5.55. The highest BCUT2D eigenvalue weighted by Crippen LogP contribution is 2.29. The lowest BCUT2D eigenvalue weighted by Crippen LogP contribution is -2.31. The lowest BCUT2D eigenvalue weighted by atomic mass is 9.97. The normalized spacial score (nSPS) is 16.7. The van der Waals surface area contributed by atoms with Crippen LogP contribution in [0.15, 0.2) is 54.6 Å². The van der Waals surface area contributed by atoms with Crippen molar-refractivity contribution >= 4 is 5.69 Å². The van der Waals surface area contributed by atoms with Crippen molar-refractivity contribution in [2.24, 2.45) is 5.73 Å². The highest BCUT2D eigenvalue weighted by Gasteiger charge is 2.17. The first-order valence-corrected chi connectivity index (χ1v) is 7.98. The average Bonchev–Trinajstić information content (AvgIpc) is 2.56. The van der Waals surface area contributed by atoms with Crippen LogP contribution in [0.5, 0.6) is 0 Å². The van der Waals surface area contributed by atoms with E-state index in [-0.39, 0.29) is 6.04 Å². The number of para-hydroxylation sites is 1. The summed E-state index contributed by atoms with van der Waals surface area (Å²) in [5.74, 6) is 0. The van der Waals surface area contributed by atoms with Gasteiger partial charge in [-0.05, 0) is 42.9 Å². The fourth-order valence-electron chi connectivity index (χ4n) is 3.20. The third kappa shape index (κ3) is 3.45. The molecule has 0 aromatic heterocycles. The number of piperidine rings is 1. The summed E-state index contributed by atoms with van der Waals surface area (Å²) in [6, 6.07) is 19.2. The molecule has 21 heavy (non-hydrogen) atoms. The predicted octanol–water partition coefficient (Wildman–Crippen LogP) is 3.92. The second-order valence-electron chi connectivity index (χ2n) is 5.90.